The molecule has 0 spiro atoms. The van der Waals surface area contributed by atoms with E-state index in [9.17, 15) is 9.90 Å². The van der Waals surface area contributed by atoms with E-state index in [-0.39, 0.29) is 41.9 Å². The maximum absolute atomic E-state index is 11.6. The maximum Gasteiger partial charge on any atom is 0.237 e. The summed E-state index contributed by atoms with van der Waals surface area (Å²) in [6.45, 7) is 10.5. The molecule has 1 heterocycles. The number of hydrogen-bond donors (Lipinski definition) is 3. The number of nitrogens with two attached hydrogens (primary N) is 1. The topological polar surface area (TPSA) is 94.2 Å². The third-order valence-electron chi connectivity index (χ3n) is 5.40. The summed E-state index contributed by atoms with van der Waals surface area (Å²) < 4.78 is 0. The summed E-state index contributed by atoms with van der Waals surface area (Å²) in [6, 6.07) is 0. The van der Waals surface area contributed by atoms with Crippen LogP contribution in [0.3, 0.4) is 0 Å². The number of halogens is 1. The van der Waals surface area contributed by atoms with Gasteiger partial charge in [0.2, 0.25) is 5.91 Å². The van der Waals surface area contributed by atoms with Crippen LogP contribution in [-0.4, -0.2) is 77.7 Å². The first-order valence-electron chi connectivity index (χ1n) is 9.12. The van der Waals surface area contributed by atoms with Gasteiger partial charge in [-0.1, -0.05) is 6.42 Å². The first kappa shape index (κ1) is 22.4. The molecule has 2 atom stereocenters. The molecule has 146 valence electrons. The molecule has 0 aromatic carbocycles. The number of amides is 1. The van der Waals surface area contributed by atoms with Gasteiger partial charge in [-0.05, 0) is 33.6 Å². The molecule has 2 aliphatic rings. The van der Waals surface area contributed by atoms with Gasteiger partial charge in [-0.25, -0.2) is 0 Å². The zero-order valence-corrected chi connectivity index (χ0v) is 18.0. The molecule has 0 radical (unpaired) electrons. The number of aliphatic imine (C=N–C) groups is 1. The minimum absolute atomic E-state index is 0. The van der Waals surface area contributed by atoms with Crippen molar-refractivity contribution in [3.63, 3.8) is 0 Å². The Labute approximate surface area is 168 Å². The van der Waals surface area contributed by atoms with Crippen molar-refractivity contribution < 1.29 is 9.90 Å². The van der Waals surface area contributed by atoms with Crippen LogP contribution in [-0.2, 0) is 4.79 Å². The highest BCUT2D eigenvalue weighted by molar-refractivity contribution is 14.0. The number of rotatable bonds is 5. The number of piperazine rings is 1. The van der Waals surface area contributed by atoms with Crippen LogP contribution in [0.4, 0.5) is 0 Å². The zero-order chi connectivity index (χ0) is 17.7. The molecule has 8 heteroatoms. The Bertz CT molecular complexity index is 464. The fourth-order valence-corrected chi connectivity index (χ4v) is 3.49. The average Bonchev–Trinajstić information content (AvgIpc) is 2.96. The fraction of sp³-hybridized carbons (Fsp3) is 0.882. The molecule has 1 aliphatic carbocycles. The van der Waals surface area contributed by atoms with E-state index in [1.54, 1.807) is 0 Å². The predicted molar refractivity (Wildman–Crippen MR) is 111 cm³/mol. The van der Waals surface area contributed by atoms with Gasteiger partial charge in [0.05, 0.1) is 11.6 Å². The lowest BCUT2D eigenvalue weighted by Gasteiger charge is -2.43. The Kier molecular flexibility index (Phi) is 8.90. The fourth-order valence-electron chi connectivity index (χ4n) is 3.49. The Morgan fingerprint density at radius 3 is 2.40 bits per heavy atom. The summed E-state index contributed by atoms with van der Waals surface area (Å²) in [6.07, 6.45) is 2.85. The maximum atomic E-state index is 11.6. The summed E-state index contributed by atoms with van der Waals surface area (Å²) >= 11 is 0. The Balaban J connectivity index is 0.00000312. The largest absolute Gasteiger partial charge is 0.393 e. The Morgan fingerprint density at radius 2 is 1.92 bits per heavy atom. The molecule has 2 fully saturated rings. The van der Waals surface area contributed by atoms with Gasteiger partial charge in [-0.3, -0.25) is 14.7 Å². The van der Waals surface area contributed by atoms with Crippen LogP contribution >= 0.6 is 24.0 Å². The van der Waals surface area contributed by atoms with E-state index in [0.29, 0.717) is 6.54 Å². The lowest BCUT2D eigenvalue weighted by atomic mass is 10.0. The minimum atomic E-state index is -0.616. The number of aliphatic hydroxyl groups excluding tert-OH is 1. The molecule has 4 N–H and O–H groups in total. The van der Waals surface area contributed by atoms with Crippen LogP contribution in [0.2, 0.25) is 0 Å². The van der Waals surface area contributed by atoms with Crippen LogP contribution in [0, 0.1) is 5.92 Å². The molecule has 0 aromatic rings. The molecule has 1 aliphatic heterocycles. The van der Waals surface area contributed by atoms with Gasteiger partial charge in [-0.2, -0.15) is 0 Å². The summed E-state index contributed by atoms with van der Waals surface area (Å²) in [5, 5.41) is 13.3. The number of carbonyl (C=O) groups excluding carboxylic acids is 1. The smallest absolute Gasteiger partial charge is 0.237 e. The van der Waals surface area contributed by atoms with Crippen molar-refractivity contribution in [2.24, 2.45) is 16.6 Å². The highest BCUT2D eigenvalue weighted by Gasteiger charge is 2.35. The van der Waals surface area contributed by atoms with E-state index in [0.717, 1.165) is 57.9 Å². The van der Waals surface area contributed by atoms with Crippen molar-refractivity contribution in [2.75, 3.05) is 39.3 Å². The van der Waals surface area contributed by atoms with E-state index in [2.05, 4.69) is 22.0 Å². The molecular weight excluding hydrogens is 433 g/mol. The van der Waals surface area contributed by atoms with E-state index in [1.165, 1.54) is 0 Å². The normalized spacial score (nSPS) is 25.6. The van der Waals surface area contributed by atoms with Gasteiger partial charge < -0.3 is 21.1 Å². The second kappa shape index (κ2) is 9.91. The molecule has 7 nitrogen and oxygen atoms in total. The molecule has 1 saturated carbocycles. The molecule has 1 amide bonds. The van der Waals surface area contributed by atoms with Gasteiger partial charge in [0.15, 0.2) is 5.96 Å². The van der Waals surface area contributed by atoms with Gasteiger partial charge >= 0.3 is 0 Å². The van der Waals surface area contributed by atoms with Crippen LogP contribution in [0.15, 0.2) is 4.99 Å². The van der Waals surface area contributed by atoms with Crippen molar-refractivity contribution in [2.45, 2.75) is 51.7 Å². The SMILES string of the molecule is CCNC(=NCC1CCCC1O)N1CCN(C(C)(C)C(N)=O)CC1.I. The Morgan fingerprint density at radius 1 is 1.28 bits per heavy atom. The van der Waals surface area contributed by atoms with Gasteiger partial charge in [0.1, 0.15) is 0 Å². The summed E-state index contributed by atoms with van der Waals surface area (Å²) in [5.41, 5.74) is 4.90. The number of nitrogens with one attached hydrogen (secondary N) is 1. The zero-order valence-electron chi connectivity index (χ0n) is 15.7. The van der Waals surface area contributed by atoms with E-state index < -0.39 is 5.54 Å². The highest BCUT2D eigenvalue weighted by Crippen LogP contribution is 2.25. The monoisotopic (exact) mass is 467 g/mol. The van der Waals surface area contributed by atoms with E-state index in [1.807, 2.05) is 13.8 Å². The van der Waals surface area contributed by atoms with Gasteiger partial charge in [-0.15, -0.1) is 24.0 Å². The minimum Gasteiger partial charge on any atom is -0.393 e. The number of primary amides is 1. The number of carbonyl (C=O) groups is 1. The second-order valence-corrected chi connectivity index (χ2v) is 7.35. The van der Waals surface area contributed by atoms with E-state index in [4.69, 9.17) is 10.7 Å². The van der Waals surface area contributed by atoms with Gasteiger partial charge in [0.25, 0.3) is 0 Å². The lowest BCUT2D eigenvalue weighted by molar-refractivity contribution is -0.129. The molecule has 1 saturated heterocycles. The van der Waals surface area contributed by atoms with Crippen LogP contribution < -0.4 is 11.1 Å². The molecular formula is C17H34IN5O2. The third-order valence-corrected chi connectivity index (χ3v) is 5.40. The Hall–Kier alpha value is -0.610. The molecule has 0 bridgehead atoms. The molecule has 2 rings (SSSR count). The summed E-state index contributed by atoms with van der Waals surface area (Å²) in [4.78, 5) is 20.7. The van der Waals surface area contributed by atoms with E-state index >= 15 is 0 Å². The van der Waals surface area contributed by atoms with Crippen molar-refractivity contribution in [1.29, 1.82) is 0 Å². The van der Waals surface area contributed by atoms with Crippen LogP contribution in [0.1, 0.15) is 40.0 Å². The second-order valence-electron chi connectivity index (χ2n) is 7.35. The lowest BCUT2D eigenvalue weighted by Crippen LogP contribution is -2.61. The number of hydrogen-bond acceptors (Lipinski definition) is 4. The van der Waals surface area contributed by atoms with Crippen LogP contribution in [0.5, 0.6) is 0 Å². The summed E-state index contributed by atoms with van der Waals surface area (Å²) in [5.74, 6) is 0.911. The van der Waals surface area contributed by atoms with Crippen molar-refractivity contribution in [3.05, 3.63) is 0 Å². The number of nitrogens with zero attached hydrogens (tertiary/aromatic N) is 3. The summed E-state index contributed by atoms with van der Waals surface area (Å²) in [7, 11) is 0. The predicted octanol–water partition coefficient (Wildman–Crippen LogP) is 0.612. The number of guanidine groups is 1. The molecule has 0 aromatic heterocycles. The van der Waals surface area contributed by atoms with Crippen molar-refractivity contribution in [1.82, 2.24) is 15.1 Å². The molecule has 25 heavy (non-hydrogen) atoms. The van der Waals surface area contributed by atoms with Crippen molar-refractivity contribution >= 4 is 35.8 Å². The quantitative estimate of drug-likeness (QED) is 0.313. The highest BCUT2D eigenvalue weighted by atomic mass is 127. The average molecular weight is 467 g/mol. The first-order valence-corrected chi connectivity index (χ1v) is 9.12. The number of aliphatic hydroxyl groups is 1. The van der Waals surface area contributed by atoms with Gasteiger partial charge in [0, 0.05) is 45.2 Å². The van der Waals surface area contributed by atoms with Crippen LogP contribution in [0.25, 0.3) is 0 Å². The first-order chi connectivity index (χ1) is 11.4. The molecule has 2 unspecified atom stereocenters. The standard InChI is InChI=1S/C17H33N5O2.HI/c1-4-19-16(20-12-13-6-5-7-14(13)23)21-8-10-22(11-9-21)17(2,3)15(18)24;/h13-14,23H,4-12H2,1-3H3,(H2,18,24)(H,19,20);1H. The van der Waals surface area contributed by atoms with Crippen molar-refractivity contribution in [3.8, 4) is 0 Å². The third kappa shape index (κ3) is 5.68.